The highest BCUT2D eigenvalue weighted by Crippen LogP contribution is 2.19. The maximum Gasteiger partial charge on any atom is 0.208 e. The third-order valence-electron chi connectivity index (χ3n) is 1.20. The fourth-order valence-electron chi connectivity index (χ4n) is 0.528. The molecule has 1 aromatic heterocycles. The molecule has 0 fully saturated rings. The van der Waals surface area contributed by atoms with Crippen LogP contribution >= 0.6 is 0 Å². The quantitative estimate of drug-likeness (QED) is 0.526. The maximum absolute atomic E-state index is 4.57. The Morgan fingerprint density at radius 3 is 2.44 bits per heavy atom. The smallest absolute Gasteiger partial charge is 0.208 e. The van der Waals surface area contributed by atoms with Crippen molar-refractivity contribution >= 4 is 0 Å². The molecular weight excluding hydrogens is 114 g/mol. The van der Waals surface area contributed by atoms with Crippen LogP contribution < -0.4 is 0 Å². The summed E-state index contributed by atoms with van der Waals surface area (Å²) in [6.07, 6.45) is 4.39. The Bertz CT molecular complexity index is 171. The maximum atomic E-state index is 4.57. The molecule has 0 bridgehead atoms. The van der Waals surface area contributed by atoms with Crippen LogP contribution in [0, 0.1) is 6.26 Å². The van der Waals surface area contributed by atoms with Crippen molar-refractivity contribution in [3.8, 4) is 0 Å². The van der Waals surface area contributed by atoms with Crippen molar-refractivity contribution in [1.29, 1.82) is 0 Å². The Labute approximate surface area is 54.9 Å². The minimum atomic E-state index is 0.111. The van der Waals surface area contributed by atoms with Crippen LogP contribution in [0.3, 0.4) is 0 Å². The summed E-state index contributed by atoms with van der Waals surface area (Å²) in [6.45, 7) is 6.28. The fourth-order valence-corrected chi connectivity index (χ4v) is 0.528. The zero-order valence-corrected chi connectivity index (χ0v) is 5.93. The molecule has 0 saturated heterocycles. The van der Waals surface area contributed by atoms with Gasteiger partial charge in [0.1, 0.15) is 0 Å². The van der Waals surface area contributed by atoms with Crippen molar-refractivity contribution in [3.63, 3.8) is 0 Å². The number of hydrogen-bond acceptors (Lipinski definition) is 2. The predicted molar refractivity (Wildman–Crippen MR) is 34.0 cm³/mol. The summed E-state index contributed by atoms with van der Waals surface area (Å²) in [5, 5.41) is 3.56. The number of hydrogen-bond donors (Lipinski definition) is 0. The van der Waals surface area contributed by atoms with Gasteiger partial charge in [-0.2, -0.15) is 0 Å². The van der Waals surface area contributed by atoms with Crippen LogP contribution in [-0.4, -0.2) is 5.16 Å². The van der Waals surface area contributed by atoms with Gasteiger partial charge in [0.2, 0.25) is 6.26 Å². The number of aromatic nitrogens is 1. The third-order valence-corrected chi connectivity index (χ3v) is 1.20. The standard InChI is InChI=1S/C7H10NO/c1-7(2,3)6-4-8-9-5-6/h4H,1-3H3. The van der Waals surface area contributed by atoms with Crippen LogP contribution in [0.5, 0.6) is 0 Å². The molecule has 2 heteroatoms. The highest BCUT2D eigenvalue weighted by molar-refractivity contribution is 5.11. The van der Waals surface area contributed by atoms with E-state index in [9.17, 15) is 0 Å². The van der Waals surface area contributed by atoms with E-state index in [1.165, 1.54) is 0 Å². The fraction of sp³-hybridized carbons (Fsp3) is 0.571. The Morgan fingerprint density at radius 2 is 2.22 bits per heavy atom. The molecule has 0 amide bonds. The molecule has 9 heavy (non-hydrogen) atoms. The molecule has 2 nitrogen and oxygen atoms in total. The largest absolute Gasteiger partial charge is 0.353 e. The Morgan fingerprint density at radius 1 is 1.56 bits per heavy atom. The molecule has 0 spiro atoms. The van der Waals surface area contributed by atoms with Crippen molar-refractivity contribution in [2.24, 2.45) is 0 Å². The lowest BCUT2D eigenvalue weighted by Crippen LogP contribution is -2.09. The topological polar surface area (TPSA) is 26.0 Å². The summed E-state index contributed by atoms with van der Waals surface area (Å²) in [6, 6.07) is 0. The number of rotatable bonds is 0. The number of nitrogens with zero attached hydrogens (tertiary/aromatic N) is 1. The molecule has 0 aliphatic carbocycles. The van der Waals surface area contributed by atoms with Gasteiger partial charge in [-0.05, 0) is 5.41 Å². The molecule has 0 unspecified atom stereocenters. The van der Waals surface area contributed by atoms with Crippen LogP contribution in [-0.2, 0) is 5.41 Å². The highest BCUT2D eigenvalue weighted by Gasteiger charge is 2.15. The van der Waals surface area contributed by atoms with Crippen molar-refractivity contribution in [2.45, 2.75) is 26.2 Å². The van der Waals surface area contributed by atoms with Gasteiger partial charge in [-0.3, -0.25) is 0 Å². The summed E-state index contributed by atoms with van der Waals surface area (Å²) in [4.78, 5) is 0. The van der Waals surface area contributed by atoms with Crippen LogP contribution in [0.2, 0.25) is 0 Å². The van der Waals surface area contributed by atoms with E-state index < -0.39 is 0 Å². The second kappa shape index (κ2) is 1.87. The minimum absolute atomic E-state index is 0.111. The summed E-state index contributed by atoms with van der Waals surface area (Å²) >= 11 is 0. The van der Waals surface area contributed by atoms with Gasteiger partial charge in [-0.1, -0.05) is 25.9 Å². The van der Waals surface area contributed by atoms with Gasteiger partial charge in [-0.15, -0.1) is 0 Å². The van der Waals surface area contributed by atoms with E-state index in [4.69, 9.17) is 0 Å². The van der Waals surface area contributed by atoms with Crippen molar-refractivity contribution < 1.29 is 4.52 Å². The molecule has 0 aromatic carbocycles. The van der Waals surface area contributed by atoms with E-state index in [1.807, 2.05) is 0 Å². The first-order chi connectivity index (χ1) is 4.11. The van der Waals surface area contributed by atoms with E-state index in [1.54, 1.807) is 6.20 Å². The van der Waals surface area contributed by atoms with E-state index >= 15 is 0 Å². The van der Waals surface area contributed by atoms with Crippen molar-refractivity contribution in [2.75, 3.05) is 0 Å². The van der Waals surface area contributed by atoms with Gasteiger partial charge < -0.3 is 4.52 Å². The Balaban J connectivity index is 2.90. The highest BCUT2D eigenvalue weighted by atomic mass is 16.5. The molecule has 0 aliphatic heterocycles. The van der Waals surface area contributed by atoms with Gasteiger partial charge in [0.25, 0.3) is 0 Å². The predicted octanol–water partition coefficient (Wildman–Crippen LogP) is 1.77. The van der Waals surface area contributed by atoms with Gasteiger partial charge in [0.15, 0.2) is 0 Å². The SMILES string of the molecule is CC(C)(C)c1[c]onc1. The zero-order chi connectivity index (χ0) is 6.91. The monoisotopic (exact) mass is 124 g/mol. The Kier molecular flexibility index (Phi) is 1.31. The van der Waals surface area contributed by atoms with Crippen LogP contribution in [0.1, 0.15) is 26.3 Å². The van der Waals surface area contributed by atoms with Gasteiger partial charge in [-0.25, -0.2) is 0 Å². The molecular formula is C7H10NO. The zero-order valence-electron chi connectivity index (χ0n) is 5.93. The summed E-state index contributed by atoms with van der Waals surface area (Å²) in [5.41, 5.74) is 1.13. The summed E-state index contributed by atoms with van der Waals surface area (Å²) in [7, 11) is 0. The van der Waals surface area contributed by atoms with Crippen LogP contribution in [0.4, 0.5) is 0 Å². The third kappa shape index (κ3) is 1.31. The summed E-state index contributed by atoms with van der Waals surface area (Å²) < 4.78 is 4.57. The molecule has 1 radical (unpaired) electrons. The van der Waals surface area contributed by atoms with E-state index in [0.29, 0.717) is 0 Å². The lowest BCUT2D eigenvalue weighted by Gasteiger charge is -2.12. The second-order valence-corrected chi connectivity index (χ2v) is 3.09. The van der Waals surface area contributed by atoms with Gasteiger partial charge in [0.05, 0.1) is 6.20 Å². The van der Waals surface area contributed by atoms with E-state index in [-0.39, 0.29) is 5.41 Å². The first-order valence-electron chi connectivity index (χ1n) is 2.93. The first kappa shape index (κ1) is 6.33. The molecule has 0 saturated carbocycles. The van der Waals surface area contributed by atoms with Gasteiger partial charge >= 0.3 is 0 Å². The minimum Gasteiger partial charge on any atom is -0.353 e. The molecule has 0 atom stereocenters. The first-order valence-corrected chi connectivity index (χ1v) is 2.93. The molecule has 1 aromatic rings. The Hall–Kier alpha value is -0.790. The summed E-state index contributed by atoms with van der Waals surface area (Å²) in [5.74, 6) is 0. The molecule has 0 aliphatic rings. The average Bonchev–Trinajstić information content (AvgIpc) is 2.08. The van der Waals surface area contributed by atoms with Crippen LogP contribution in [0.15, 0.2) is 10.7 Å². The molecule has 0 N–H and O–H groups in total. The normalized spacial score (nSPS) is 11.9. The average molecular weight is 124 g/mol. The lowest BCUT2D eigenvalue weighted by atomic mass is 9.90. The van der Waals surface area contributed by atoms with E-state index in [0.717, 1.165) is 5.56 Å². The lowest BCUT2D eigenvalue weighted by molar-refractivity contribution is 0.409. The van der Waals surface area contributed by atoms with Crippen molar-refractivity contribution in [3.05, 3.63) is 18.0 Å². The van der Waals surface area contributed by atoms with Crippen LogP contribution in [0.25, 0.3) is 0 Å². The molecule has 1 heterocycles. The second-order valence-electron chi connectivity index (χ2n) is 3.09. The van der Waals surface area contributed by atoms with Crippen molar-refractivity contribution in [1.82, 2.24) is 5.16 Å². The molecule has 49 valence electrons. The molecule has 1 rings (SSSR count). The van der Waals surface area contributed by atoms with E-state index in [2.05, 4.69) is 36.7 Å². The van der Waals surface area contributed by atoms with Gasteiger partial charge in [0, 0.05) is 5.56 Å².